The molecule has 0 spiro atoms. The highest BCUT2D eigenvalue weighted by atomic mass is 35.5. The third-order valence-corrected chi connectivity index (χ3v) is 4.54. The van der Waals surface area contributed by atoms with Gasteiger partial charge in [0.15, 0.2) is 6.10 Å². The number of ether oxygens (including phenoxy) is 1. The molecule has 124 valence electrons. The summed E-state index contributed by atoms with van der Waals surface area (Å²) in [4.78, 5) is 12.5. The van der Waals surface area contributed by atoms with Crippen LogP contribution in [0.3, 0.4) is 0 Å². The van der Waals surface area contributed by atoms with Crippen LogP contribution >= 0.6 is 23.6 Å². The van der Waals surface area contributed by atoms with Gasteiger partial charge in [-0.05, 0) is 24.6 Å². The van der Waals surface area contributed by atoms with Gasteiger partial charge in [0.25, 0.3) is 0 Å². The van der Waals surface area contributed by atoms with Crippen molar-refractivity contribution in [3.05, 3.63) is 81.9 Å². The predicted octanol–water partition coefficient (Wildman–Crippen LogP) is 4.28. The average molecular weight is 362 g/mol. The van der Waals surface area contributed by atoms with E-state index in [-0.39, 0.29) is 17.4 Å². The maximum Gasteiger partial charge on any atom is 0.249 e. The second kappa shape index (κ2) is 7.20. The molecule has 2 aromatic carbocycles. The summed E-state index contributed by atoms with van der Waals surface area (Å²) in [6, 6.07) is 15.0. The zero-order valence-corrected chi connectivity index (χ0v) is 14.6. The highest BCUT2D eigenvalue weighted by Gasteiger charge is 2.37. The van der Waals surface area contributed by atoms with Crippen LogP contribution in [-0.4, -0.2) is 5.78 Å². The molecule has 2 N–H and O–H groups in total. The number of hydrogen-bond donors (Lipinski definition) is 1. The maximum atomic E-state index is 12.5. The van der Waals surface area contributed by atoms with Crippen LogP contribution in [0.2, 0.25) is 5.02 Å². The molecule has 0 radical (unpaired) electrons. The summed E-state index contributed by atoms with van der Waals surface area (Å²) in [5.74, 6) is 0.396. The van der Waals surface area contributed by atoms with Gasteiger partial charge >= 0.3 is 0 Å². The van der Waals surface area contributed by atoms with Gasteiger partial charge in [0.05, 0.1) is 17.8 Å². The average Bonchev–Trinajstić information content (AvgIpc) is 2.84. The molecule has 0 fully saturated rings. The van der Waals surface area contributed by atoms with E-state index < -0.39 is 6.10 Å². The molecule has 1 aliphatic rings. The molecule has 3 rings (SSSR count). The number of halogens is 1. The SMILES string of the molecule is Cc1cccc(CSOC2=C(N)OC(c3ccc(Cl)cc3)C2=O)c1. The molecule has 0 bridgehead atoms. The third-order valence-electron chi connectivity index (χ3n) is 3.55. The second-order valence-corrected chi connectivity index (χ2v) is 6.57. The Balaban J connectivity index is 1.62. The lowest BCUT2D eigenvalue weighted by Gasteiger charge is -2.09. The fourth-order valence-electron chi connectivity index (χ4n) is 2.37. The lowest BCUT2D eigenvalue weighted by molar-refractivity contribution is -0.122. The van der Waals surface area contributed by atoms with Crippen molar-refractivity contribution in [2.75, 3.05) is 0 Å². The molecular weight excluding hydrogens is 346 g/mol. The Morgan fingerprint density at radius 1 is 1.25 bits per heavy atom. The highest BCUT2D eigenvalue weighted by molar-refractivity contribution is 7.94. The minimum absolute atomic E-state index is 0.0108. The number of Topliss-reactive ketones (excluding diaryl/α,β-unsaturated/α-hetero) is 1. The smallest absolute Gasteiger partial charge is 0.249 e. The number of benzene rings is 2. The van der Waals surface area contributed by atoms with Crippen LogP contribution in [0.15, 0.2) is 60.2 Å². The van der Waals surface area contributed by atoms with Gasteiger partial charge in [-0.25, -0.2) is 0 Å². The summed E-state index contributed by atoms with van der Waals surface area (Å²) in [5, 5.41) is 0.593. The van der Waals surface area contributed by atoms with Crippen LogP contribution in [0.25, 0.3) is 0 Å². The molecule has 2 aromatic rings. The van der Waals surface area contributed by atoms with E-state index in [0.29, 0.717) is 16.3 Å². The van der Waals surface area contributed by atoms with Crippen molar-refractivity contribution in [2.24, 2.45) is 5.73 Å². The molecule has 4 nitrogen and oxygen atoms in total. The predicted molar refractivity (Wildman–Crippen MR) is 95.1 cm³/mol. The Morgan fingerprint density at radius 2 is 2.00 bits per heavy atom. The number of ketones is 1. The largest absolute Gasteiger partial charge is 0.460 e. The van der Waals surface area contributed by atoms with E-state index >= 15 is 0 Å². The van der Waals surface area contributed by atoms with Gasteiger partial charge in [-0.15, -0.1) is 0 Å². The van der Waals surface area contributed by atoms with E-state index in [1.54, 1.807) is 24.3 Å². The number of carbonyl (C=O) groups is 1. The topological polar surface area (TPSA) is 61.6 Å². The molecule has 1 unspecified atom stereocenters. The molecule has 1 aliphatic heterocycles. The van der Waals surface area contributed by atoms with Crippen molar-refractivity contribution < 1.29 is 13.7 Å². The molecule has 0 aromatic heterocycles. The van der Waals surface area contributed by atoms with Crippen molar-refractivity contribution in [1.29, 1.82) is 0 Å². The molecule has 0 amide bonds. The third kappa shape index (κ3) is 3.68. The molecule has 0 aliphatic carbocycles. The van der Waals surface area contributed by atoms with E-state index in [0.717, 1.165) is 17.6 Å². The standard InChI is InChI=1S/C18H16ClNO3S/c1-11-3-2-4-12(9-11)10-24-23-17-15(21)16(22-18(17)20)13-5-7-14(19)8-6-13/h2-9,16H,10,20H2,1H3. The summed E-state index contributed by atoms with van der Waals surface area (Å²) in [6.45, 7) is 2.03. The molecular formula is C18H16ClNO3S. The zero-order chi connectivity index (χ0) is 17.1. The highest BCUT2D eigenvalue weighted by Crippen LogP contribution is 2.34. The second-order valence-electron chi connectivity index (χ2n) is 5.44. The Labute approximate surface area is 149 Å². The van der Waals surface area contributed by atoms with Gasteiger partial charge in [0.2, 0.25) is 17.4 Å². The quantitative estimate of drug-likeness (QED) is 0.805. The molecule has 0 saturated carbocycles. The van der Waals surface area contributed by atoms with Crippen LogP contribution in [0, 0.1) is 6.92 Å². The number of aryl methyl sites for hydroxylation is 1. The Bertz CT molecular complexity index is 789. The fraction of sp³-hybridized carbons (Fsp3) is 0.167. The van der Waals surface area contributed by atoms with Crippen LogP contribution in [0.5, 0.6) is 0 Å². The summed E-state index contributed by atoms with van der Waals surface area (Å²) in [5.41, 5.74) is 8.78. The number of carbonyl (C=O) groups excluding carboxylic acids is 1. The lowest BCUT2D eigenvalue weighted by Crippen LogP contribution is -2.10. The molecule has 0 saturated heterocycles. The number of hydrogen-bond acceptors (Lipinski definition) is 5. The van der Waals surface area contributed by atoms with Crippen molar-refractivity contribution in [3.63, 3.8) is 0 Å². The summed E-state index contributed by atoms with van der Waals surface area (Å²) < 4.78 is 11.0. The maximum absolute atomic E-state index is 12.5. The van der Waals surface area contributed by atoms with Crippen LogP contribution < -0.4 is 5.73 Å². The monoisotopic (exact) mass is 361 g/mol. The first-order chi connectivity index (χ1) is 11.5. The van der Waals surface area contributed by atoms with Gasteiger partial charge < -0.3 is 14.7 Å². The van der Waals surface area contributed by atoms with Crippen LogP contribution in [-0.2, 0) is 19.5 Å². The van der Waals surface area contributed by atoms with Gasteiger partial charge in [-0.2, -0.15) is 0 Å². The summed E-state index contributed by atoms with van der Waals surface area (Å²) in [6.07, 6.45) is -0.781. The van der Waals surface area contributed by atoms with Gasteiger partial charge in [-0.1, -0.05) is 53.6 Å². The first kappa shape index (κ1) is 16.7. The Morgan fingerprint density at radius 3 is 2.71 bits per heavy atom. The number of rotatable bonds is 5. The van der Waals surface area contributed by atoms with Gasteiger partial charge in [0.1, 0.15) is 0 Å². The normalized spacial score (nSPS) is 17.1. The number of nitrogens with two attached hydrogens (primary N) is 1. The van der Waals surface area contributed by atoms with Crippen molar-refractivity contribution >= 4 is 29.4 Å². The molecule has 6 heteroatoms. The van der Waals surface area contributed by atoms with Crippen molar-refractivity contribution in [3.8, 4) is 0 Å². The first-order valence-corrected chi connectivity index (χ1v) is 8.64. The van der Waals surface area contributed by atoms with E-state index in [4.69, 9.17) is 26.3 Å². The molecule has 1 atom stereocenters. The first-order valence-electron chi connectivity index (χ1n) is 7.35. The fourth-order valence-corrected chi connectivity index (χ4v) is 3.15. The minimum atomic E-state index is -0.781. The molecule has 24 heavy (non-hydrogen) atoms. The lowest BCUT2D eigenvalue weighted by atomic mass is 10.1. The molecule has 1 heterocycles. The van der Waals surface area contributed by atoms with E-state index in [1.807, 2.05) is 25.1 Å². The van der Waals surface area contributed by atoms with E-state index in [1.165, 1.54) is 5.56 Å². The van der Waals surface area contributed by atoms with Crippen LogP contribution in [0.1, 0.15) is 22.8 Å². The zero-order valence-electron chi connectivity index (χ0n) is 13.0. The Kier molecular flexibility index (Phi) is 5.02. The van der Waals surface area contributed by atoms with Crippen LogP contribution in [0.4, 0.5) is 0 Å². The van der Waals surface area contributed by atoms with Gasteiger partial charge in [0, 0.05) is 10.6 Å². The Hall–Kier alpha value is -2.11. The van der Waals surface area contributed by atoms with E-state index in [2.05, 4.69) is 6.07 Å². The summed E-state index contributed by atoms with van der Waals surface area (Å²) >= 11 is 7.02. The minimum Gasteiger partial charge on any atom is -0.460 e. The van der Waals surface area contributed by atoms with Crippen molar-refractivity contribution in [1.82, 2.24) is 0 Å². The van der Waals surface area contributed by atoms with Gasteiger partial charge in [-0.3, -0.25) is 4.79 Å². The summed E-state index contributed by atoms with van der Waals surface area (Å²) in [7, 11) is 0. The van der Waals surface area contributed by atoms with E-state index in [9.17, 15) is 4.79 Å². The van der Waals surface area contributed by atoms with Crippen molar-refractivity contribution in [2.45, 2.75) is 18.8 Å².